The van der Waals surface area contributed by atoms with E-state index in [0.29, 0.717) is 19.3 Å². The van der Waals surface area contributed by atoms with Crippen LogP contribution in [0.3, 0.4) is 0 Å². The Kier molecular flexibility index (Phi) is 62.0. The van der Waals surface area contributed by atoms with E-state index in [9.17, 15) is 14.4 Å². The molecule has 1 unspecified atom stereocenters. The first kappa shape index (κ1) is 75.2. The van der Waals surface area contributed by atoms with E-state index in [4.69, 9.17) is 14.2 Å². The summed E-state index contributed by atoms with van der Waals surface area (Å²) in [5.41, 5.74) is 0. The van der Waals surface area contributed by atoms with Gasteiger partial charge < -0.3 is 14.2 Å². The summed E-state index contributed by atoms with van der Waals surface area (Å²) in [4.78, 5) is 38.2. The molecular weight excluding hydrogens is 997 g/mol. The van der Waals surface area contributed by atoms with Gasteiger partial charge in [-0.1, -0.05) is 260 Å². The molecule has 6 heteroatoms. The van der Waals surface area contributed by atoms with E-state index in [1.807, 2.05) is 12.2 Å². The molecule has 0 aliphatic rings. The molecule has 0 radical (unpaired) electrons. The van der Waals surface area contributed by atoms with Gasteiger partial charge in [0.15, 0.2) is 6.10 Å². The predicted octanol–water partition coefficient (Wildman–Crippen LogP) is 22.2. The first-order valence-corrected chi connectivity index (χ1v) is 31.9. The van der Waals surface area contributed by atoms with Crippen molar-refractivity contribution in [3.05, 3.63) is 194 Å². The molecule has 0 aliphatic heterocycles. The molecule has 0 aromatic heterocycles. The topological polar surface area (TPSA) is 78.9 Å². The summed E-state index contributed by atoms with van der Waals surface area (Å²) in [5, 5.41) is 0. The smallest absolute Gasteiger partial charge is 0.306 e. The molecule has 450 valence electrons. The van der Waals surface area contributed by atoms with Crippen LogP contribution in [0.1, 0.15) is 239 Å². The van der Waals surface area contributed by atoms with Crippen LogP contribution in [0.15, 0.2) is 194 Å². The van der Waals surface area contributed by atoms with Crippen molar-refractivity contribution < 1.29 is 28.6 Å². The molecule has 0 aromatic rings. The summed E-state index contributed by atoms with van der Waals surface area (Å²) >= 11 is 0. The number of hydrogen-bond acceptors (Lipinski definition) is 6. The minimum Gasteiger partial charge on any atom is -0.462 e. The molecule has 0 aliphatic carbocycles. The zero-order valence-corrected chi connectivity index (χ0v) is 51.5. The summed E-state index contributed by atoms with van der Waals surface area (Å²) in [5.74, 6) is -1.07. The third kappa shape index (κ3) is 64.9. The fraction of sp³-hybridized carbons (Fsp3) is 0.533. The van der Waals surface area contributed by atoms with Crippen LogP contribution >= 0.6 is 0 Å². The van der Waals surface area contributed by atoms with E-state index in [-0.39, 0.29) is 31.6 Å². The van der Waals surface area contributed by atoms with E-state index >= 15 is 0 Å². The standard InChI is InChI=1S/C75H114O6/c1-4-7-10-13-16-19-22-25-27-29-31-32-33-34-35-36-37-38-39-40-41-42-44-45-47-50-53-56-59-62-65-68-74(77)80-71-72(70-79-73(76)67-64-61-58-55-52-49-24-21-18-15-12-9-6-3)81-75(78)69-66-63-60-57-54-51-48-46-43-30-28-26-23-20-17-14-11-8-5-2/h7-8,10-11,16-17,19-21,24-28,31-32,34-35,37-38,40-41,43-46,50-51,53-54,60,63,72H,4-6,9,12-15,18,22-23,29-30,33,36,39,42,47-49,52,55-59,61-62,64-71H2,1-3H3/b10-7-,11-8-,19-16-,20-17-,24-21-,27-25-,28-26-,32-31-,35-34-,38-37-,41-40-,45-44-,46-43-,53-50-,54-51-,63-60-. The average molecular weight is 1110 g/mol. The third-order valence-electron chi connectivity index (χ3n) is 12.6. The fourth-order valence-corrected chi connectivity index (χ4v) is 7.87. The fourth-order valence-electron chi connectivity index (χ4n) is 7.87. The Hall–Kier alpha value is -5.75. The van der Waals surface area contributed by atoms with Gasteiger partial charge in [0.1, 0.15) is 13.2 Å². The summed E-state index contributed by atoms with van der Waals surface area (Å²) in [7, 11) is 0. The summed E-state index contributed by atoms with van der Waals surface area (Å²) in [6.07, 6.45) is 102. The highest BCUT2D eigenvalue weighted by atomic mass is 16.6. The first-order valence-electron chi connectivity index (χ1n) is 31.9. The quantitative estimate of drug-likeness (QED) is 0.0261. The number of carbonyl (C=O) groups is 3. The van der Waals surface area contributed by atoms with E-state index in [0.717, 1.165) is 154 Å². The molecule has 0 N–H and O–H groups in total. The maximum atomic E-state index is 12.9. The number of rotatable bonds is 55. The van der Waals surface area contributed by atoms with Crippen LogP contribution < -0.4 is 0 Å². The maximum absolute atomic E-state index is 12.9. The van der Waals surface area contributed by atoms with Crippen molar-refractivity contribution in [2.45, 2.75) is 245 Å². The average Bonchev–Trinajstić information content (AvgIpc) is 3.46. The lowest BCUT2D eigenvalue weighted by Gasteiger charge is -2.18. The Bertz CT molecular complexity index is 1950. The van der Waals surface area contributed by atoms with Gasteiger partial charge in [0.25, 0.3) is 0 Å². The Morgan fingerprint density at radius 3 is 0.827 bits per heavy atom. The highest BCUT2D eigenvalue weighted by Crippen LogP contribution is 2.12. The number of ether oxygens (including phenoxy) is 3. The summed E-state index contributed by atoms with van der Waals surface area (Å²) < 4.78 is 16.8. The Morgan fingerprint density at radius 2 is 0.506 bits per heavy atom. The third-order valence-corrected chi connectivity index (χ3v) is 12.6. The van der Waals surface area contributed by atoms with Gasteiger partial charge in [-0.05, 0) is 154 Å². The molecule has 0 heterocycles. The SMILES string of the molecule is CC/C=C\C/C=C\C/C=C\C/C=C\C/C=C\C/C=C\C/C=C\C/C=C\C/C=C\CCCCCC(=O)OCC(COC(=O)CCCCCCC/C=C\CCCCCC)OC(=O)CC/C=C\C/C=C\C/C=C\C/C=C\C/C=C\C/C=C\CC. The Labute approximate surface area is 497 Å². The second kappa shape index (κ2) is 66.8. The van der Waals surface area contributed by atoms with Crippen molar-refractivity contribution in [2.24, 2.45) is 0 Å². The van der Waals surface area contributed by atoms with Crippen molar-refractivity contribution in [1.82, 2.24) is 0 Å². The number of carbonyl (C=O) groups excluding carboxylic acids is 3. The number of esters is 3. The first-order chi connectivity index (χ1) is 40.0. The Morgan fingerprint density at radius 1 is 0.259 bits per heavy atom. The van der Waals surface area contributed by atoms with Crippen LogP contribution in [-0.4, -0.2) is 37.2 Å². The van der Waals surface area contributed by atoms with E-state index in [1.54, 1.807) is 0 Å². The number of allylic oxidation sites excluding steroid dienone is 32. The predicted molar refractivity (Wildman–Crippen MR) is 352 cm³/mol. The van der Waals surface area contributed by atoms with Gasteiger partial charge >= 0.3 is 17.9 Å². The van der Waals surface area contributed by atoms with Gasteiger partial charge in [-0.25, -0.2) is 0 Å². The highest BCUT2D eigenvalue weighted by Gasteiger charge is 2.19. The highest BCUT2D eigenvalue weighted by molar-refractivity contribution is 5.71. The number of unbranched alkanes of at least 4 members (excludes halogenated alkanes) is 12. The van der Waals surface area contributed by atoms with Crippen molar-refractivity contribution >= 4 is 17.9 Å². The molecule has 81 heavy (non-hydrogen) atoms. The normalized spacial score (nSPS) is 13.5. The van der Waals surface area contributed by atoms with Crippen molar-refractivity contribution in [3.63, 3.8) is 0 Å². The van der Waals surface area contributed by atoms with Gasteiger partial charge in [-0.2, -0.15) is 0 Å². The van der Waals surface area contributed by atoms with E-state index < -0.39 is 12.1 Å². The second-order valence-electron chi connectivity index (χ2n) is 20.2. The lowest BCUT2D eigenvalue weighted by molar-refractivity contribution is -0.166. The maximum Gasteiger partial charge on any atom is 0.306 e. The molecule has 0 fully saturated rings. The van der Waals surface area contributed by atoms with E-state index in [1.165, 1.54) is 38.5 Å². The number of hydrogen-bond donors (Lipinski definition) is 0. The molecule has 0 rings (SSSR count). The van der Waals surface area contributed by atoms with Crippen molar-refractivity contribution in [1.29, 1.82) is 0 Å². The molecule has 0 saturated heterocycles. The molecule has 0 aromatic carbocycles. The summed E-state index contributed by atoms with van der Waals surface area (Å²) in [6, 6.07) is 0. The van der Waals surface area contributed by atoms with Crippen LogP contribution in [0, 0.1) is 0 Å². The Balaban J connectivity index is 4.52. The molecule has 6 nitrogen and oxygen atoms in total. The largest absolute Gasteiger partial charge is 0.462 e. The van der Waals surface area contributed by atoms with Gasteiger partial charge in [-0.15, -0.1) is 0 Å². The van der Waals surface area contributed by atoms with Crippen LogP contribution in [0.25, 0.3) is 0 Å². The molecule has 0 spiro atoms. The van der Waals surface area contributed by atoms with Gasteiger partial charge in [0.2, 0.25) is 0 Å². The molecule has 0 bridgehead atoms. The monoisotopic (exact) mass is 1110 g/mol. The minimum absolute atomic E-state index is 0.133. The van der Waals surface area contributed by atoms with Crippen molar-refractivity contribution in [2.75, 3.05) is 13.2 Å². The zero-order chi connectivity index (χ0) is 58.5. The lowest BCUT2D eigenvalue weighted by Crippen LogP contribution is -2.30. The minimum atomic E-state index is -0.848. The molecule has 0 saturated carbocycles. The van der Waals surface area contributed by atoms with Crippen LogP contribution in [0.5, 0.6) is 0 Å². The zero-order valence-electron chi connectivity index (χ0n) is 51.5. The van der Waals surface area contributed by atoms with Gasteiger partial charge in [0.05, 0.1) is 0 Å². The second-order valence-corrected chi connectivity index (χ2v) is 20.2. The van der Waals surface area contributed by atoms with Crippen LogP contribution in [0.2, 0.25) is 0 Å². The summed E-state index contributed by atoms with van der Waals surface area (Å²) in [6.45, 7) is 6.28. The molecular formula is C75H114O6. The molecule has 0 amide bonds. The van der Waals surface area contributed by atoms with Gasteiger partial charge in [-0.3, -0.25) is 14.4 Å². The van der Waals surface area contributed by atoms with Crippen molar-refractivity contribution in [3.8, 4) is 0 Å². The molecule has 1 atom stereocenters. The van der Waals surface area contributed by atoms with E-state index in [2.05, 4.69) is 203 Å². The lowest BCUT2D eigenvalue weighted by atomic mass is 10.1. The van der Waals surface area contributed by atoms with Crippen LogP contribution in [0.4, 0.5) is 0 Å². The van der Waals surface area contributed by atoms with Gasteiger partial charge in [0, 0.05) is 19.3 Å². The van der Waals surface area contributed by atoms with Crippen LogP contribution in [-0.2, 0) is 28.6 Å².